The molecule has 6 atom stereocenters. The molecular formula is C19H34. The summed E-state index contributed by atoms with van der Waals surface area (Å²) in [7, 11) is 0. The molecule has 0 aliphatic heterocycles. The Kier molecular flexibility index (Phi) is 4.54. The van der Waals surface area contributed by atoms with Gasteiger partial charge in [-0.15, -0.1) is 0 Å². The number of hydrogen-bond donors (Lipinski definition) is 0. The number of rotatable bonds is 2. The molecule has 0 heterocycles. The van der Waals surface area contributed by atoms with Crippen LogP contribution in [-0.2, 0) is 0 Å². The summed E-state index contributed by atoms with van der Waals surface area (Å²) < 4.78 is 0. The molecule has 0 aromatic carbocycles. The Labute approximate surface area is 120 Å². The van der Waals surface area contributed by atoms with Gasteiger partial charge in [0.15, 0.2) is 0 Å². The summed E-state index contributed by atoms with van der Waals surface area (Å²) in [5, 5.41) is 0. The van der Waals surface area contributed by atoms with E-state index in [1.54, 1.807) is 25.7 Å². The van der Waals surface area contributed by atoms with Crippen molar-refractivity contribution in [3.05, 3.63) is 0 Å². The third kappa shape index (κ3) is 2.88. The van der Waals surface area contributed by atoms with Crippen LogP contribution in [0.2, 0.25) is 0 Å². The average Bonchev–Trinajstić information content (AvgIpc) is 2.46. The van der Waals surface area contributed by atoms with E-state index in [0.29, 0.717) is 0 Å². The van der Waals surface area contributed by atoms with Crippen molar-refractivity contribution in [2.45, 2.75) is 84.5 Å². The lowest BCUT2D eigenvalue weighted by Gasteiger charge is -2.47. The zero-order valence-electron chi connectivity index (χ0n) is 13.2. The molecule has 0 heteroatoms. The second kappa shape index (κ2) is 6.19. The molecule has 0 aromatic rings. The Morgan fingerprint density at radius 3 is 2.16 bits per heavy atom. The summed E-state index contributed by atoms with van der Waals surface area (Å²) in [5.74, 6) is 6.40. The fraction of sp³-hybridized carbons (Fsp3) is 1.00. The van der Waals surface area contributed by atoms with Crippen molar-refractivity contribution >= 4 is 0 Å². The lowest BCUT2D eigenvalue weighted by Crippen LogP contribution is -2.38. The van der Waals surface area contributed by atoms with Crippen LogP contribution in [0, 0.1) is 35.5 Å². The number of fused-ring (bicyclic) bond motifs is 1. The van der Waals surface area contributed by atoms with Crippen LogP contribution in [0.5, 0.6) is 0 Å². The molecule has 3 fully saturated rings. The van der Waals surface area contributed by atoms with E-state index >= 15 is 0 Å². The van der Waals surface area contributed by atoms with Crippen LogP contribution >= 0.6 is 0 Å². The minimum Gasteiger partial charge on any atom is -0.0622 e. The quantitative estimate of drug-likeness (QED) is 0.568. The zero-order chi connectivity index (χ0) is 13.2. The van der Waals surface area contributed by atoms with E-state index in [9.17, 15) is 0 Å². The lowest BCUT2D eigenvalue weighted by atomic mass is 9.58. The first-order valence-corrected chi connectivity index (χ1v) is 9.27. The van der Waals surface area contributed by atoms with Crippen LogP contribution in [0.1, 0.15) is 84.5 Å². The monoisotopic (exact) mass is 262 g/mol. The highest BCUT2D eigenvalue weighted by Crippen LogP contribution is 2.50. The Hall–Kier alpha value is 0. The van der Waals surface area contributed by atoms with Crippen molar-refractivity contribution in [2.75, 3.05) is 0 Å². The summed E-state index contributed by atoms with van der Waals surface area (Å²) in [4.78, 5) is 0. The third-order valence-electron chi connectivity index (χ3n) is 7.16. The molecule has 0 aromatic heterocycles. The Morgan fingerprint density at radius 1 is 0.684 bits per heavy atom. The molecule has 3 aliphatic carbocycles. The van der Waals surface area contributed by atoms with Gasteiger partial charge >= 0.3 is 0 Å². The molecule has 0 radical (unpaired) electrons. The minimum absolute atomic E-state index is 1.01. The Morgan fingerprint density at radius 2 is 1.32 bits per heavy atom. The fourth-order valence-electron chi connectivity index (χ4n) is 6.08. The van der Waals surface area contributed by atoms with Crippen LogP contribution in [0.15, 0.2) is 0 Å². The summed E-state index contributed by atoms with van der Waals surface area (Å²) in [6.45, 7) is 5.18. The van der Waals surface area contributed by atoms with E-state index in [2.05, 4.69) is 13.8 Å². The molecule has 0 bridgehead atoms. The predicted octanol–water partition coefficient (Wildman–Crippen LogP) is 6.06. The van der Waals surface area contributed by atoms with Crippen LogP contribution < -0.4 is 0 Å². The maximum Gasteiger partial charge on any atom is -0.0355 e. The molecule has 0 saturated heterocycles. The first-order valence-electron chi connectivity index (χ1n) is 9.27. The van der Waals surface area contributed by atoms with Gasteiger partial charge in [-0.3, -0.25) is 0 Å². The molecular weight excluding hydrogens is 228 g/mol. The Bertz CT molecular complexity index is 280. The van der Waals surface area contributed by atoms with Gasteiger partial charge in [0.25, 0.3) is 0 Å². The molecule has 3 saturated carbocycles. The van der Waals surface area contributed by atoms with Crippen molar-refractivity contribution < 1.29 is 0 Å². The molecule has 3 rings (SSSR count). The molecule has 110 valence electrons. The lowest BCUT2D eigenvalue weighted by molar-refractivity contribution is 0.0261. The van der Waals surface area contributed by atoms with Crippen molar-refractivity contribution in [1.29, 1.82) is 0 Å². The number of hydrogen-bond acceptors (Lipinski definition) is 0. The molecule has 0 nitrogen and oxygen atoms in total. The normalized spacial score (nSPS) is 45.5. The van der Waals surface area contributed by atoms with Crippen LogP contribution in [0.4, 0.5) is 0 Å². The summed E-state index contributed by atoms with van der Waals surface area (Å²) in [6, 6.07) is 0. The van der Waals surface area contributed by atoms with Gasteiger partial charge in [0.1, 0.15) is 0 Å². The van der Waals surface area contributed by atoms with E-state index < -0.39 is 0 Å². The smallest absolute Gasteiger partial charge is 0.0355 e. The van der Waals surface area contributed by atoms with Gasteiger partial charge in [-0.05, 0) is 54.8 Å². The van der Waals surface area contributed by atoms with Crippen molar-refractivity contribution in [3.63, 3.8) is 0 Å². The maximum absolute atomic E-state index is 2.63. The van der Waals surface area contributed by atoms with Crippen molar-refractivity contribution in [3.8, 4) is 0 Å². The van der Waals surface area contributed by atoms with Gasteiger partial charge in [-0.2, -0.15) is 0 Å². The molecule has 0 N–H and O–H groups in total. The van der Waals surface area contributed by atoms with Gasteiger partial charge in [0.2, 0.25) is 0 Å². The maximum atomic E-state index is 2.63. The minimum atomic E-state index is 1.01. The largest absolute Gasteiger partial charge is 0.0622 e. The third-order valence-corrected chi connectivity index (χ3v) is 7.16. The highest BCUT2D eigenvalue weighted by molar-refractivity contribution is 4.90. The van der Waals surface area contributed by atoms with Gasteiger partial charge in [-0.25, -0.2) is 0 Å². The summed E-state index contributed by atoms with van der Waals surface area (Å²) in [5.41, 5.74) is 0. The predicted molar refractivity (Wildman–Crippen MR) is 83.1 cm³/mol. The fourth-order valence-corrected chi connectivity index (χ4v) is 6.08. The van der Waals surface area contributed by atoms with Crippen molar-refractivity contribution in [2.24, 2.45) is 35.5 Å². The van der Waals surface area contributed by atoms with Crippen LogP contribution in [0.25, 0.3) is 0 Å². The molecule has 0 amide bonds. The SMILES string of the molecule is CC1CCCCC1C(C)C1CCCC2CCCCC21. The van der Waals surface area contributed by atoms with E-state index in [0.717, 1.165) is 35.5 Å². The van der Waals surface area contributed by atoms with Gasteiger partial charge in [-0.1, -0.05) is 65.2 Å². The Balaban J connectivity index is 1.68. The first kappa shape index (κ1) is 14.0. The van der Waals surface area contributed by atoms with Gasteiger partial charge in [0, 0.05) is 0 Å². The zero-order valence-corrected chi connectivity index (χ0v) is 13.2. The molecule has 0 spiro atoms. The topological polar surface area (TPSA) is 0 Å². The second-order valence-corrected chi connectivity index (χ2v) is 8.09. The standard InChI is InChI=1S/C19H34/c1-14-8-3-5-11-17(14)15(2)18-13-7-10-16-9-4-6-12-19(16)18/h14-19H,3-13H2,1-2H3. The summed E-state index contributed by atoms with van der Waals surface area (Å²) in [6.07, 6.45) is 16.9. The van der Waals surface area contributed by atoms with E-state index in [-0.39, 0.29) is 0 Å². The van der Waals surface area contributed by atoms with Gasteiger partial charge < -0.3 is 0 Å². The molecule has 19 heavy (non-hydrogen) atoms. The highest BCUT2D eigenvalue weighted by Gasteiger charge is 2.40. The van der Waals surface area contributed by atoms with Crippen LogP contribution in [0.3, 0.4) is 0 Å². The highest BCUT2D eigenvalue weighted by atomic mass is 14.5. The van der Waals surface area contributed by atoms with Crippen molar-refractivity contribution in [1.82, 2.24) is 0 Å². The van der Waals surface area contributed by atoms with E-state index in [4.69, 9.17) is 0 Å². The van der Waals surface area contributed by atoms with E-state index in [1.807, 2.05) is 0 Å². The second-order valence-electron chi connectivity index (χ2n) is 8.09. The van der Waals surface area contributed by atoms with Gasteiger partial charge in [0.05, 0.1) is 0 Å². The average molecular weight is 262 g/mol. The van der Waals surface area contributed by atoms with Crippen LogP contribution in [-0.4, -0.2) is 0 Å². The first-order chi connectivity index (χ1) is 9.27. The summed E-state index contributed by atoms with van der Waals surface area (Å²) >= 11 is 0. The molecule has 6 unspecified atom stereocenters. The van der Waals surface area contributed by atoms with E-state index in [1.165, 1.54) is 44.9 Å². The molecule has 3 aliphatic rings.